The number of hydrogen-bond acceptors (Lipinski definition) is 2. The molecule has 0 spiro atoms. The van der Waals surface area contributed by atoms with Crippen molar-refractivity contribution in [2.24, 2.45) is 11.8 Å². The number of carbonyl (C=O) groups excluding carboxylic acids is 1. The zero-order valence-electron chi connectivity index (χ0n) is 10.7. The number of carbonyl (C=O) groups is 2. The molecule has 0 radical (unpaired) electrons. The van der Waals surface area contributed by atoms with Crippen LogP contribution in [-0.4, -0.2) is 29.2 Å². The van der Waals surface area contributed by atoms with Crippen molar-refractivity contribution in [3.8, 4) is 0 Å². The van der Waals surface area contributed by atoms with E-state index in [2.05, 4.69) is 5.32 Å². The molecule has 0 bridgehead atoms. The van der Waals surface area contributed by atoms with Crippen LogP contribution < -0.4 is 5.32 Å². The lowest BCUT2D eigenvalue weighted by molar-refractivity contribution is -0.184. The smallest absolute Gasteiger partial charge is 0.391 e. The molecule has 1 aliphatic rings. The van der Waals surface area contributed by atoms with Gasteiger partial charge in [-0.1, -0.05) is 0 Å². The Hall–Kier alpha value is -1.27. The van der Waals surface area contributed by atoms with Crippen LogP contribution >= 0.6 is 0 Å². The van der Waals surface area contributed by atoms with Crippen LogP contribution in [0.3, 0.4) is 0 Å². The molecule has 0 aromatic rings. The van der Waals surface area contributed by atoms with Crippen LogP contribution in [0.5, 0.6) is 0 Å². The topological polar surface area (TPSA) is 66.4 Å². The molecule has 4 nitrogen and oxygen atoms in total. The van der Waals surface area contributed by atoms with Crippen molar-refractivity contribution in [2.75, 3.05) is 0 Å². The number of aliphatic carboxylic acids is 1. The van der Waals surface area contributed by atoms with Gasteiger partial charge in [0.2, 0.25) is 5.91 Å². The SMILES string of the molecule is CC(NC(=O)CC1CCC(C(F)(F)F)CC1)C(=O)O. The van der Waals surface area contributed by atoms with Gasteiger partial charge in [-0.2, -0.15) is 13.2 Å². The van der Waals surface area contributed by atoms with Gasteiger partial charge in [0.25, 0.3) is 0 Å². The number of alkyl halides is 3. The largest absolute Gasteiger partial charge is 0.480 e. The fraction of sp³-hybridized carbons (Fsp3) is 0.833. The summed E-state index contributed by atoms with van der Waals surface area (Å²) >= 11 is 0. The van der Waals surface area contributed by atoms with Gasteiger partial charge in [-0.05, 0) is 38.5 Å². The van der Waals surface area contributed by atoms with Crippen molar-refractivity contribution in [3.05, 3.63) is 0 Å². The minimum atomic E-state index is -4.15. The van der Waals surface area contributed by atoms with Gasteiger partial charge in [-0.3, -0.25) is 9.59 Å². The lowest BCUT2D eigenvalue weighted by atomic mass is 9.80. The Labute approximate surface area is 109 Å². The Morgan fingerprint density at radius 2 is 1.79 bits per heavy atom. The van der Waals surface area contributed by atoms with E-state index in [1.807, 2.05) is 0 Å². The molecular formula is C12H18F3NO3. The first kappa shape index (κ1) is 15.8. The molecule has 1 amide bonds. The van der Waals surface area contributed by atoms with Crippen molar-refractivity contribution >= 4 is 11.9 Å². The summed E-state index contributed by atoms with van der Waals surface area (Å²) in [6.45, 7) is 1.35. The van der Waals surface area contributed by atoms with E-state index in [0.717, 1.165) is 0 Å². The average Bonchev–Trinajstić information content (AvgIpc) is 2.28. The Balaban J connectivity index is 2.33. The predicted octanol–water partition coefficient (Wildman–Crippen LogP) is 2.33. The molecule has 1 aliphatic carbocycles. The second kappa shape index (κ2) is 6.25. The molecule has 19 heavy (non-hydrogen) atoms. The highest BCUT2D eigenvalue weighted by atomic mass is 19.4. The summed E-state index contributed by atoms with van der Waals surface area (Å²) in [5.74, 6) is -2.89. The van der Waals surface area contributed by atoms with Crippen LogP contribution in [0, 0.1) is 11.8 Å². The maximum absolute atomic E-state index is 12.4. The van der Waals surface area contributed by atoms with Gasteiger partial charge in [0.05, 0.1) is 5.92 Å². The van der Waals surface area contributed by atoms with Gasteiger partial charge in [-0.15, -0.1) is 0 Å². The van der Waals surface area contributed by atoms with Gasteiger partial charge in [0.1, 0.15) is 6.04 Å². The number of rotatable bonds is 4. The molecule has 2 N–H and O–H groups in total. The number of hydrogen-bond donors (Lipinski definition) is 2. The van der Waals surface area contributed by atoms with E-state index in [0.29, 0.717) is 12.8 Å². The Morgan fingerprint density at radius 1 is 1.26 bits per heavy atom. The maximum atomic E-state index is 12.4. The first-order chi connectivity index (χ1) is 8.70. The third-order valence-electron chi connectivity index (χ3n) is 3.53. The van der Waals surface area contributed by atoms with E-state index in [1.54, 1.807) is 0 Å². The first-order valence-electron chi connectivity index (χ1n) is 6.29. The highest BCUT2D eigenvalue weighted by Gasteiger charge is 2.41. The number of carboxylic acids is 1. The summed E-state index contributed by atoms with van der Waals surface area (Å²) in [6.07, 6.45) is -3.22. The Morgan fingerprint density at radius 3 is 2.21 bits per heavy atom. The van der Waals surface area contributed by atoms with Crippen molar-refractivity contribution in [2.45, 2.75) is 51.2 Å². The lowest BCUT2D eigenvalue weighted by Crippen LogP contribution is -2.39. The fourth-order valence-electron chi connectivity index (χ4n) is 2.32. The summed E-state index contributed by atoms with van der Waals surface area (Å²) < 4.78 is 37.3. The lowest BCUT2D eigenvalue weighted by Gasteiger charge is -2.29. The third-order valence-corrected chi connectivity index (χ3v) is 3.53. The van der Waals surface area contributed by atoms with Crippen molar-refractivity contribution in [3.63, 3.8) is 0 Å². The molecule has 0 heterocycles. The highest BCUT2D eigenvalue weighted by Crippen LogP contribution is 2.40. The van der Waals surface area contributed by atoms with Crippen LogP contribution in [-0.2, 0) is 9.59 Å². The molecule has 1 rings (SSSR count). The summed E-state index contributed by atoms with van der Waals surface area (Å²) in [6, 6.07) is -0.973. The normalized spacial score (nSPS) is 25.7. The van der Waals surface area contributed by atoms with Crippen LogP contribution in [0.25, 0.3) is 0 Å². The van der Waals surface area contributed by atoms with Crippen molar-refractivity contribution in [1.82, 2.24) is 5.32 Å². The number of carboxylic acid groups (broad SMARTS) is 1. The van der Waals surface area contributed by atoms with Crippen molar-refractivity contribution < 1.29 is 27.9 Å². The molecule has 1 saturated carbocycles. The average molecular weight is 281 g/mol. The molecule has 0 aliphatic heterocycles. The quantitative estimate of drug-likeness (QED) is 0.831. The molecule has 1 unspecified atom stereocenters. The third kappa shape index (κ3) is 5.08. The zero-order chi connectivity index (χ0) is 14.6. The number of halogens is 3. The highest BCUT2D eigenvalue weighted by molar-refractivity contribution is 5.83. The molecule has 110 valence electrons. The minimum absolute atomic E-state index is 0.0515. The van der Waals surface area contributed by atoms with Crippen LogP contribution in [0.2, 0.25) is 0 Å². The van der Waals surface area contributed by atoms with E-state index in [-0.39, 0.29) is 25.2 Å². The van der Waals surface area contributed by atoms with E-state index < -0.39 is 30.0 Å². The minimum Gasteiger partial charge on any atom is -0.480 e. The van der Waals surface area contributed by atoms with Gasteiger partial charge in [0, 0.05) is 6.42 Å². The maximum Gasteiger partial charge on any atom is 0.391 e. The molecule has 0 aromatic carbocycles. The van der Waals surface area contributed by atoms with Crippen LogP contribution in [0.4, 0.5) is 13.2 Å². The van der Waals surface area contributed by atoms with Gasteiger partial charge in [0.15, 0.2) is 0 Å². The summed E-state index contributed by atoms with van der Waals surface area (Å²) in [5, 5.41) is 10.9. The van der Waals surface area contributed by atoms with Crippen LogP contribution in [0.1, 0.15) is 39.0 Å². The zero-order valence-corrected chi connectivity index (χ0v) is 10.7. The van der Waals surface area contributed by atoms with Gasteiger partial charge in [-0.25, -0.2) is 0 Å². The van der Waals surface area contributed by atoms with E-state index in [4.69, 9.17) is 5.11 Å². The summed E-state index contributed by atoms with van der Waals surface area (Å²) in [4.78, 5) is 22.0. The second-order valence-corrected chi connectivity index (χ2v) is 5.09. The van der Waals surface area contributed by atoms with Gasteiger partial charge >= 0.3 is 12.1 Å². The predicted molar refractivity (Wildman–Crippen MR) is 61.4 cm³/mol. The van der Waals surface area contributed by atoms with E-state index in [1.165, 1.54) is 6.92 Å². The molecular weight excluding hydrogens is 263 g/mol. The Kier molecular flexibility index (Phi) is 5.20. The number of amides is 1. The molecule has 1 atom stereocenters. The number of nitrogens with one attached hydrogen (secondary N) is 1. The monoisotopic (exact) mass is 281 g/mol. The van der Waals surface area contributed by atoms with Crippen LogP contribution in [0.15, 0.2) is 0 Å². The Bertz CT molecular complexity index is 336. The fourth-order valence-corrected chi connectivity index (χ4v) is 2.32. The summed E-state index contributed by atoms with van der Waals surface area (Å²) in [7, 11) is 0. The van der Waals surface area contributed by atoms with Crippen molar-refractivity contribution in [1.29, 1.82) is 0 Å². The first-order valence-corrected chi connectivity index (χ1v) is 6.29. The van der Waals surface area contributed by atoms with E-state index >= 15 is 0 Å². The molecule has 7 heteroatoms. The molecule has 1 fully saturated rings. The second-order valence-electron chi connectivity index (χ2n) is 5.09. The van der Waals surface area contributed by atoms with E-state index in [9.17, 15) is 22.8 Å². The summed E-state index contributed by atoms with van der Waals surface area (Å²) in [5.41, 5.74) is 0. The van der Waals surface area contributed by atoms with Gasteiger partial charge < -0.3 is 10.4 Å². The standard InChI is InChI=1S/C12H18F3NO3/c1-7(11(18)19)16-10(17)6-8-2-4-9(5-3-8)12(13,14)15/h7-9H,2-6H2,1H3,(H,16,17)(H,18,19). The molecule has 0 aromatic heterocycles. The molecule has 0 saturated heterocycles.